The second-order valence-electron chi connectivity index (χ2n) is 5.78. The second kappa shape index (κ2) is 4.78. The molecule has 2 aromatic rings. The minimum atomic E-state index is 0.625. The summed E-state index contributed by atoms with van der Waals surface area (Å²) in [6.45, 7) is 0.775. The Balaban J connectivity index is 1.39. The third kappa shape index (κ3) is 2.11. The average Bonchev–Trinajstić information content (AvgIpc) is 3.08. The van der Waals surface area contributed by atoms with Gasteiger partial charge in [-0.15, -0.1) is 0 Å². The lowest BCUT2D eigenvalue weighted by molar-refractivity contribution is 0.218. The molecule has 0 bridgehead atoms. The molecule has 1 N–H and O–H groups in total. The monoisotopic (exact) mass is 266 g/mol. The number of rotatable bonds is 4. The van der Waals surface area contributed by atoms with Gasteiger partial charge >= 0.3 is 0 Å². The van der Waals surface area contributed by atoms with E-state index >= 15 is 0 Å². The SMILES string of the molecule is C1=CC2C(C1)CC2Nc1ccc(Cn2cncn2)cc1. The summed E-state index contributed by atoms with van der Waals surface area (Å²) in [5.41, 5.74) is 2.46. The summed E-state index contributed by atoms with van der Waals surface area (Å²) in [7, 11) is 0. The molecule has 0 radical (unpaired) electrons. The summed E-state index contributed by atoms with van der Waals surface area (Å²) in [4.78, 5) is 3.96. The molecule has 102 valence electrons. The number of hydrogen-bond donors (Lipinski definition) is 1. The number of allylic oxidation sites excluding steroid dienone is 1. The highest BCUT2D eigenvalue weighted by atomic mass is 15.3. The summed E-state index contributed by atoms with van der Waals surface area (Å²) in [6.07, 6.45) is 10.6. The van der Waals surface area contributed by atoms with Gasteiger partial charge in [0.1, 0.15) is 12.7 Å². The minimum Gasteiger partial charge on any atom is -0.382 e. The van der Waals surface area contributed by atoms with Crippen LogP contribution < -0.4 is 5.32 Å². The fraction of sp³-hybridized carbons (Fsp3) is 0.375. The first-order valence-corrected chi connectivity index (χ1v) is 7.23. The average molecular weight is 266 g/mol. The summed E-state index contributed by atoms with van der Waals surface area (Å²) in [5.74, 6) is 1.66. The Morgan fingerprint density at radius 2 is 2.15 bits per heavy atom. The largest absolute Gasteiger partial charge is 0.382 e. The van der Waals surface area contributed by atoms with Crippen molar-refractivity contribution in [1.29, 1.82) is 0 Å². The first-order valence-electron chi connectivity index (χ1n) is 7.23. The van der Waals surface area contributed by atoms with E-state index in [9.17, 15) is 0 Å². The van der Waals surface area contributed by atoms with Crippen LogP contribution in [0, 0.1) is 11.8 Å². The van der Waals surface area contributed by atoms with Gasteiger partial charge in [-0.25, -0.2) is 9.67 Å². The summed E-state index contributed by atoms with van der Waals surface area (Å²) < 4.78 is 1.84. The van der Waals surface area contributed by atoms with E-state index in [0.717, 1.165) is 18.4 Å². The van der Waals surface area contributed by atoms with Crippen molar-refractivity contribution in [2.45, 2.75) is 25.4 Å². The van der Waals surface area contributed by atoms with Gasteiger partial charge in [0, 0.05) is 17.6 Å². The van der Waals surface area contributed by atoms with E-state index in [4.69, 9.17) is 0 Å². The molecule has 4 nitrogen and oxygen atoms in total. The van der Waals surface area contributed by atoms with Crippen LogP contribution in [0.2, 0.25) is 0 Å². The lowest BCUT2D eigenvalue weighted by atomic mass is 9.71. The number of hydrogen-bond acceptors (Lipinski definition) is 3. The number of benzene rings is 1. The molecule has 20 heavy (non-hydrogen) atoms. The van der Waals surface area contributed by atoms with Crippen LogP contribution in [0.5, 0.6) is 0 Å². The Bertz CT molecular complexity index is 600. The number of aromatic nitrogens is 3. The Labute approximate surface area is 118 Å². The molecular formula is C16H18N4. The number of anilines is 1. The third-order valence-electron chi connectivity index (χ3n) is 4.48. The predicted octanol–water partition coefficient (Wildman–Crippen LogP) is 2.70. The third-order valence-corrected chi connectivity index (χ3v) is 4.48. The molecule has 1 saturated carbocycles. The molecule has 0 saturated heterocycles. The first kappa shape index (κ1) is 11.7. The molecule has 0 spiro atoms. The van der Waals surface area contributed by atoms with Crippen molar-refractivity contribution in [2.24, 2.45) is 11.8 Å². The van der Waals surface area contributed by atoms with Crippen LogP contribution >= 0.6 is 0 Å². The number of nitrogens with one attached hydrogen (secondary N) is 1. The van der Waals surface area contributed by atoms with Gasteiger partial charge in [0.2, 0.25) is 0 Å². The van der Waals surface area contributed by atoms with E-state index in [0.29, 0.717) is 6.04 Å². The van der Waals surface area contributed by atoms with Gasteiger partial charge < -0.3 is 5.32 Å². The maximum Gasteiger partial charge on any atom is 0.137 e. The maximum atomic E-state index is 4.12. The first-order chi connectivity index (χ1) is 9.88. The van der Waals surface area contributed by atoms with E-state index in [1.54, 1.807) is 12.7 Å². The van der Waals surface area contributed by atoms with Gasteiger partial charge in [-0.05, 0) is 36.5 Å². The van der Waals surface area contributed by atoms with Gasteiger partial charge in [0.25, 0.3) is 0 Å². The summed E-state index contributed by atoms with van der Waals surface area (Å²) in [6, 6.07) is 9.27. The Hall–Kier alpha value is -2.10. The summed E-state index contributed by atoms with van der Waals surface area (Å²) >= 11 is 0. The fourth-order valence-corrected chi connectivity index (χ4v) is 3.31. The van der Waals surface area contributed by atoms with Crippen molar-refractivity contribution < 1.29 is 0 Å². The predicted molar refractivity (Wildman–Crippen MR) is 78.3 cm³/mol. The van der Waals surface area contributed by atoms with Gasteiger partial charge in [0.05, 0.1) is 6.54 Å². The van der Waals surface area contributed by atoms with Crippen molar-refractivity contribution in [1.82, 2.24) is 14.8 Å². The van der Waals surface area contributed by atoms with Crippen LogP contribution in [-0.4, -0.2) is 20.8 Å². The van der Waals surface area contributed by atoms with Crippen molar-refractivity contribution in [3.8, 4) is 0 Å². The van der Waals surface area contributed by atoms with E-state index in [-0.39, 0.29) is 0 Å². The van der Waals surface area contributed by atoms with Crippen molar-refractivity contribution >= 4 is 5.69 Å². The van der Waals surface area contributed by atoms with E-state index in [2.05, 4.69) is 51.8 Å². The molecular weight excluding hydrogens is 248 g/mol. The van der Waals surface area contributed by atoms with Crippen LogP contribution in [0.1, 0.15) is 18.4 Å². The van der Waals surface area contributed by atoms with Crippen LogP contribution in [0.4, 0.5) is 5.69 Å². The highest BCUT2D eigenvalue weighted by Gasteiger charge is 2.40. The lowest BCUT2D eigenvalue weighted by Crippen LogP contribution is -2.43. The van der Waals surface area contributed by atoms with Crippen LogP contribution in [-0.2, 0) is 6.54 Å². The number of nitrogens with zero attached hydrogens (tertiary/aromatic N) is 3. The molecule has 3 atom stereocenters. The molecule has 4 rings (SSSR count). The fourth-order valence-electron chi connectivity index (χ4n) is 3.31. The molecule has 0 amide bonds. The van der Waals surface area contributed by atoms with Gasteiger partial charge in [-0.2, -0.15) is 5.10 Å². The molecule has 1 fully saturated rings. The molecule has 1 aromatic carbocycles. The van der Waals surface area contributed by atoms with Crippen molar-refractivity contribution in [3.63, 3.8) is 0 Å². The standard InChI is InChI=1S/C16H18N4/c1-2-13-8-16(15(13)3-1)19-14-6-4-12(5-7-14)9-20-11-17-10-18-20/h1,3-7,10-11,13,15-16,19H,2,8-9H2. The molecule has 0 aliphatic heterocycles. The normalized spacial score (nSPS) is 27.1. The molecule has 3 unspecified atom stereocenters. The zero-order valence-electron chi connectivity index (χ0n) is 11.3. The van der Waals surface area contributed by atoms with Crippen LogP contribution in [0.15, 0.2) is 49.1 Å². The van der Waals surface area contributed by atoms with E-state index < -0.39 is 0 Å². The van der Waals surface area contributed by atoms with Gasteiger partial charge in [-0.3, -0.25) is 0 Å². The Morgan fingerprint density at radius 1 is 1.25 bits per heavy atom. The zero-order chi connectivity index (χ0) is 13.4. The zero-order valence-corrected chi connectivity index (χ0v) is 11.3. The smallest absolute Gasteiger partial charge is 0.137 e. The van der Waals surface area contributed by atoms with E-state index in [1.165, 1.54) is 24.1 Å². The highest BCUT2D eigenvalue weighted by Crippen LogP contribution is 2.43. The maximum absolute atomic E-state index is 4.12. The molecule has 2 aliphatic carbocycles. The summed E-state index contributed by atoms with van der Waals surface area (Å²) in [5, 5.41) is 7.77. The van der Waals surface area contributed by atoms with Gasteiger partial charge in [0.15, 0.2) is 0 Å². The molecule has 4 heteroatoms. The van der Waals surface area contributed by atoms with Crippen LogP contribution in [0.25, 0.3) is 0 Å². The second-order valence-corrected chi connectivity index (χ2v) is 5.78. The minimum absolute atomic E-state index is 0.625. The lowest BCUT2D eigenvalue weighted by Gasteiger charge is -2.41. The Kier molecular flexibility index (Phi) is 2.80. The number of fused-ring (bicyclic) bond motifs is 1. The Morgan fingerprint density at radius 3 is 2.90 bits per heavy atom. The molecule has 1 aromatic heterocycles. The highest BCUT2D eigenvalue weighted by molar-refractivity contribution is 5.46. The van der Waals surface area contributed by atoms with Gasteiger partial charge in [-0.1, -0.05) is 24.3 Å². The van der Waals surface area contributed by atoms with E-state index in [1.807, 2.05) is 4.68 Å². The van der Waals surface area contributed by atoms with Crippen LogP contribution in [0.3, 0.4) is 0 Å². The molecule has 1 heterocycles. The topological polar surface area (TPSA) is 42.7 Å². The molecule has 2 aliphatic rings. The van der Waals surface area contributed by atoms with Crippen molar-refractivity contribution in [2.75, 3.05) is 5.32 Å². The quantitative estimate of drug-likeness (QED) is 0.865. The van der Waals surface area contributed by atoms with Crippen molar-refractivity contribution in [3.05, 3.63) is 54.6 Å².